The third-order valence-corrected chi connectivity index (χ3v) is 8.38. The van der Waals surface area contributed by atoms with Crippen LogP contribution in [0.5, 0.6) is 0 Å². The Labute approximate surface area is 237 Å². The number of hydrogen-bond acceptors (Lipinski definition) is 5. The molecule has 2 amide bonds. The van der Waals surface area contributed by atoms with Gasteiger partial charge in [0, 0.05) is 29.3 Å². The van der Waals surface area contributed by atoms with Crippen molar-refractivity contribution >= 4 is 21.8 Å². The molecule has 5 rings (SSSR count). The highest BCUT2D eigenvalue weighted by atomic mass is 32.2. The van der Waals surface area contributed by atoms with E-state index in [0.717, 1.165) is 24.3 Å². The Bertz CT molecular complexity index is 1540. The van der Waals surface area contributed by atoms with Gasteiger partial charge in [-0.15, -0.1) is 0 Å². The number of carbonyl (C=O) groups is 2. The van der Waals surface area contributed by atoms with Gasteiger partial charge in [-0.3, -0.25) is 14.4 Å². The smallest absolute Gasteiger partial charge is 0.255 e. The number of nitrogens with zero attached hydrogens (tertiary/aromatic N) is 1. The number of amides is 2. The third kappa shape index (κ3) is 6.32. The lowest BCUT2D eigenvalue weighted by Gasteiger charge is -2.49. The van der Waals surface area contributed by atoms with Gasteiger partial charge in [0.15, 0.2) is 0 Å². The van der Waals surface area contributed by atoms with Crippen LogP contribution >= 0.6 is 0 Å². The van der Waals surface area contributed by atoms with E-state index in [1.165, 1.54) is 11.0 Å². The molecule has 1 fully saturated rings. The molecule has 1 heterocycles. The number of hydrogen-bond donors (Lipinski definition) is 2. The van der Waals surface area contributed by atoms with Crippen molar-refractivity contribution in [3.8, 4) is 0 Å². The van der Waals surface area contributed by atoms with E-state index < -0.39 is 57.5 Å². The number of sulfonamides is 1. The maximum absolute atomic E-state index is 15.5. The molecule has 0 radical (unpaired) electrons. The zero-order valence-corrected chi connectivity index (χ0v) is 23.2. The number of rotatable bonds is 8. The molecule has 0 bridgehead atoms. The Morgan fingerprint density at radius 2 is 1.68 bits per heavy atom. The summed E-state index contributed by atoms with van der Waals surface area (Å²) in [6.07, 6.45) is 3.37. The highest BCUT2D eigenvalue weighted by Crippen LogP contribution is 2.46. The predicted molar refractivity (Wildman–Crippen MR) is 148 cm³/mol. The van der Waals surface area contributed by atoms with E-state index >= 15 is 4.39 Å². The standard InChI is InChI=1S/C30H31F2N3O5S/c1-41(38,39)34-25-13-7-8-14-26(25)35-28(23-16-15-20(31)17-24(23)32)27(21-11-5-6-12-22(21)30(35)37)29(36)33-40-18-19-9-3-2-4-10-19/h2-6,9-12,15-17,25-28,34H,7-8,13-14,18H2,1H3,(H,33,36)/t25-,26-,27+,28-/m0/s1. The van der Waals surface area contributed by atoms with Crippen LogP contribution in [-0.2, 0) is 26.3 Å². The molecule has 0 unspecified atom stereocenters. The lowest BCUT2D eigenvalue weighted by molar-refractivity contribution is -0.138. The molecule has 2 aliphatic rings. The molecule has 3 aromatic rings. The molecular weight excluding hydrogens is 552 g/mol. The minimum atomic E-state index is -3.65. The summed E-state index contributed by atoms with van der Waals surface area (Å²) in [6.45, 7) is 0.0716. The fraction of sp³-hybridized carbons (Fsp3) is 0.333. The van der Waals surface area contributed by atoms with Crippen molar-refractivity contribution in [2.75, 3.05) is 6.26 Å². The molecule has 2 N–H and O–H groups in total. The molecule has 0 aromatic heterocycles. The van der Waals surface area contributed by atoms with E-state index in [1.807, 2.05) is 30.3 Å². The van der Waals surface area contributed by atoms with Crippen LogP contribution in [0.25, 0.3) is 0 Å². The van der Waals surface area contributed by atoms with Crippen molar-refractivity contribution < 1.29 is 31.6 Å². The normalized spacial score (nSPS) is 22.7. The number of halogens is 2. The van der Waals surface area contributed by atoms with Crippen LogP contribution < -0.4 is 10.2 Å². The minimum absolute atomic E-state index is 0.0545. The van der Waals surface area contributed by atoms with Gasteiger partial charge in [0.1, 0.15) is 11.6 Å². The summed E-state index contributed by atoms with van der Waals surface area (Å²) in [4.78, 5) is 35.0. The van der Waals surface area contributed by atoms with E-state index in [0.29, 0.717) is 30.9 Å². The van der Waals surface area contributed by atoms with Gasteiger partial charge in [0.2, 0.25) is 10.0 Å². The summed E-state index contributed by atoms with van der Waals surface area (Å²) in [5.74, 6) is -3.94. The topological polar surface area (TPSA) is 105 Å². The largest absolute Gasteiger partial charge is 0.326 e. The molecule has 4 atom stereocenters. The van der Waals surface area contributed by atoms with Crippen LogP contribution in [-0.4, -0.2) is 43.5 Å². The van der Waals surface area contributed by atoms with Gasteiger partial charge in [-0.25, -0.2) is 27.4 Å². The second-order valence-electron chi connectivity index (χ2n) is 10.5. The number of fused-ring (bicyclic) bond motifs is 1. The highest BCUT2D eigenvalue weighted by molar-refractivity contribution is 7.88. The van der Waals surface area contributed by atoms with Gasteiger partial charge < -0.3 is 4.90 Å². The molecule has 3 aromatic carbocycles. The Morgan fingerprint density at radius 3 is 2.41 bits per heavy atom. The third-order valence-electron chi connectivity index (χ3n) is 7.65. The molecule has 216 valence electrons. The second kappa shape index (κ2) is 12.1. The van der Waals surface area contributed by atoms with Gasteiger partial charge in [-0.2, -0.15) is 0 Å². The molecule has 8 nitrogen and oxygen atoms in total. The van der Waals surface area contributed by atoms with Crippen molar-refractivity contribution in [1.29, 1.82) is 0 Å². The molecule has 0 spiro atoms. The Kier molecular flexibility index (Phi) is 8.48. The summed E-state index contributed by atoms with van der Waals surface area (Å²) in [6, 6.07) is 16.2. The van der Waals surface area contributed by atoms with Crippen LogP contribution in [0.15, 0.2) is 72.8 Å². The fourth-order valence-corrected chi connectivity index (χ4v) is 6.78. The Hall–Kier alpha value is -3.67. The van der Waals surface area contributed by atoms with Crippen LogP contribution in [0.1, 0.15) is 64.7 Å². The second-order valence-corrected chi connectivity index (χ2v) is 12.3. The molecular formula is C30H31F2N3O5S. The fourth-order valence-electron chi connectivity index (χ4n) is 5.96. The summed E-state index contributed by atoms with van der Waals surface area (Å²) in [7, 11) is -3.65. The van der Waals surface area contributed by atoms with E-state index in [4.69, 9.17) is 4.84 Å². The van der Waals surface area contributed by atoms with Gasteiger partial charge >= 0.3 is 0 Å². The zero-order valence-electron chi connectivity index (χ0n) is 22.4. The van der Waals surface area contributed by atoms with Crippen LogP contribution in [0.4, 0.5) is 8.78 Å². The lowest BCUT2D eigenvalue weighted by atomic mass is 9.76. The van der Waals surface area contributed by atoms with Gasteiger partial charge in [-0.1, -0.05) is 67.4 Å². The Balaban J connectivity index is 1.60. The average Bonchev–Trinajstić information content (AvgIpc) is 2.93. The number of carbonyl (C=O) groups excluding carboxylic acids is 2. The van der Waals surface area contributed by atoms with Crippen molar-refractivity contribution in [1.82, 2.24) is 15.1 Å². The van der Waals surface area contributed by atoms with Gasteiger partial charge in [-0.05, 0) is 36.1 Å². The van der Waals surface area contributed by atoms with E-state index in [9.17, 15) is 22.4 Å². The molecule has 1 aliphatic carbocycles. The first-order valence-corrected chi connectivity index (χ1v) is 15.3. The molecule has 1 aliphatic heterocycles. The SMILES string of the molecule is CS(=O)(=O)N[C@H]1CCCC[C@@H]1N1C(=O)c2ccccc2[C@@H](C(=O)NOCc2ccccc2)[C@@H]1c1ccc(F)cc1F. The highest BCUT2D eigenvalue weighted by Gasteiger charge is 2.49. The molecule has 0 saturated heterocycles. The monoisotopic (exact) mass is 583 g/mol. The Morgan fingerprint density at radius 1 is 0.976 bits per heavy atom. The maximum atomic E-state index is 15.5. The van der Waals surface area contributed by atoms with Gasteiger partial charge in [0.25, 0.3) is 11.8 Å². The summed E-state index contributed by atoms with van der Waals surface area (Å²) in [5, 5.41) is 0. The predicted octanol–water partition coefficient (Wildman–Crippen LogP) is 4.35. The number of nitrogens with one attached hydrogen (secondary N) is 2. The first kappa shape index (κ1) is 28.8. The first-order valence-electron chi connectivity index (χ1n) is 13.4. The molecule has 1 saturated carbocycles. The number of benzene rings is 3. The van der Waals surface area contributed by atoms with Crippen LogP contribution in [0.3, 0.4) is 0 Å². The zero-order chi connectivity index (χ0) is 29.1. The molecule has 11 heteroatoms. The quantitative estimate of drug-likeness (QED) is 0.384. The van der Waals surface area contributed by atoms with Gasteiger partial charge in [0.05, 0.1) is 24.8 Å². The number of hydroxylamine groups is 1. The van der Waals surface area contributed by atoms with Crippen LogP contribution in [0.2, 0.25) is 0 Å². The van der Waals surface area contributed by atoms with Crippen molar-refractivity contribution in [3.05, 3.63) is 107 Å². The first-order chi connectivity index (χ1) is 19.6. The molecule has 41 heavy (non-hydrogen) atoms. The summed E-state index contributed by atoms with van der Waals surface area (Å²) >= 11 is 0. The average molecular weight is 584 g/mol. The summed E-state index contributed by atoms with van der Waals surface area (Å²) < 4.78 is 56.7. The van der Waals surface area contributed by atoms with E-state index in [-0.39, 0.29) is 17.7 Å². The summed E-state index contributed by atoms with van der Waals surface area (Å²) in [5.41, 5.74) is 3.85. The minimum Gasteiger partial charge on any atom is -0.326 e. The van der Waals surface area contributed by atoms with Crippen molar-refractivity contribution in [3.63, 3.8) is 0 Å². The van der Waals surface area contributed by atoms with Crippen molar-refractivity contribution in [2.24, 2.45) is 0 Å². The lowest BCUT2D eigenvalue weighted by Crippen LogP contribution is -2.59. The van der Waals surface area contributed by atoms with Crippen molar-refractivity contribution in [2.45, 2.75) is 56.3 Å². The van der Waals surface area contributed by atoms with Crippen LogP contribution in [0, 0.1) is 11.6 Å². The van der Waals surface area contributed by atoms with E-state index in [1.54, 1.807) is 24.3 Å². The maximum Gasteiger partial charge on any atom is 0.255 e. The van der Waals surface area contributed by atoms with E-state index in [2.05, 4.69) is 10.2 Å².